The van der Waals surface area contributed by atoms with Gasteiger partial charge in [-0.15, -0.1) is 11.3 Å². The van der Waals surface area contributed by atoms with Crippen LogP contribution in [-0.4, -0.2) is 7.05 Å². The van der Waals surface area contributed by atoms with Gasteiger partial charge in [-0.2, -0.15) is 0 Å². The molecule has 19 heavy (non-hydrogen) atoms. The lowest BCUT2D eigenvalue weighted by molar-refractivity contribution is 0.606. The normalized spacial score (nSPS) is 14.2. The summed E-state index contributed by atoms with van der Waals surface area (Å²) in [5, 5.41) is 2.04. The van der Waals surface area contributed by atoms with Crippen LogP contribution in [0, 0.1) is 5.82 Å². The number of hydrogen-bond acceptors (Lipinski definition) is 3. The lowest BCUT2D eigenvalue weighted by atomic mass is 10.0. The summed E-state index contributed by atoms with van der Waals surface area (Å²) in [5.74, 6) is -0.222. The topological polar surface area (TPSA) is 29.3 Å². The van der Waals surface area contributed by atoms with Crippen molar-refractivity contribution in [3.63, 3.8) is 0 Å². The first kappa shape index (κ1) is 14.0. The molecule has 102 valence electrons. The van der Waals surface area contributed by atoms with Crippen molar-refractivity contribution in [1.82, 2.24) is 0 Å². The van der Waals surface area contributed by atoms with Crippen molar-refractivity contribution in [2.45, 2.75) is 25.9 Å². The van der Waals surface area contributed by atoms with E-state index in [0.717, 1.165) is 5.56 Å². The smallest absolute Gasteiger partial charge is 0.146 e. The monoisotopic (exact) mass is 278 g/mol. The summed E-state index contributed by atoms with van der Waals surface area (Å²) in [4.78, 5) is 3.17. The molecule has 0 aliphatic carbocycles. The first-order valence-electron chi connectivity index (χ1n) is 6.32. The fourth-order valence-electron chi connectivity index (χ4n) is 2.19. The van der Waals surface area contributed by atoms with E-state index in [0.29, 0.717) is 5.69 Å². The molecule has 2 N–H and O–H groups in total. The summed E-state index contributed by atoms with van der Waals surface area (Å²) in [6, 6.07) is 9.09. The zero-order valence-corrected chi connectivity index (χ0v) is 12.2. The van der Waals surface area contributed by atoms with Crippen molar-refractivity contribution >= 4 is 17.0 Å². The van der Waals surface area contributed by atoms with Gasteiger partial charge in [-0.25, -0.2) is 4.39 Å². The number of nitrogens with two attached hydrogens (primary N) is 1. The Morgan fingerprint density at radius 2 is 1.95 bits per heavy atom. The molecule has 1 heterocycles. The molecule has 2 nitrogen and oxygen atoms in total. The molecule has 0 aliphatic rings. The highest BCUT2D eigenvalue weighted by Gasteiger charge is 2.20. The third-order valence-electron chi connectivity index (χ3n) is 3.40. The van der Waals surface area contributed by atoms with Gasteiger partial charge in [-0.05, 0) is 36.9 Å². The van der Waals surface area contributed by atoms with E-state index in [1.54, 1.807) is 17.4 Å². The van der Waals surface area contributed by atoms with E-state index in [1.165, 1.54) is 10.9 Å². The van der Waals surface area contributed by atoms with E-state index < -0.39 is 0 Å². The Morgan fingerprint density at radius 3 is 2.53 bits per heavy atom. The van der Waals surface area contributed by atoms with Gasteiger partial charge < -0.3 is 10.6 Å². The van der Waals surface area contributed by atoms with Crippen LogP contribution in [0.2, 0.25) is 0 Å². The molecule has 0 amide bonds. The van der Waals surface area contributed by atoms with Gasteiger partial charge in [0.05, 0.1) is 11.7 Å². The molecule has 1 aromatic carbocycles. The fraction of sp³-hybridized carbons (Fsp3) is 0.333. The Labute approximate surface area is 117 Å². The third-order valence-corrected chi connectivity index (χ3v) is 4.44. The van der Waals surface area contributed by atoms with Gasteiger partial charge >= 0.3 is 0 Å². The molecule has 0 bridgehead atoms. The summed E-state index contributed by atoms with van der Waals surface area (Å²) >= 11 is 1.68. The van der Waals surface area contributed by atoms with Crippen molar-refractivity contribution in [2.75, 3.05) is 11.9 Å². The highest BCUT2D eigenvalue weighted by atomic mass is 32.1. The summed E-state index contributed by atoms with van der Waals surface area (Å²) in [7, 11) is 1.91. The van der Waals surface area contributed by atoms with E-state index in [2.05, 4.69) is 13.0 Å². The Morgan fingerprint density at radius 1 is 1.21 bits per heavy atom. The van der Waals surface area contributed by atoms with Crippen molar-refractivity contribution < 1.29 is 4.39 Å². The van der Waals surface area contributed by atoms with Crippen LogP contribution >= 0.6 is 11.3 Å². The first-order chi connectivity index (χ1) is 9.02. The molecule has 1 aromatic heterocycles. The van der Waals surface area contributed by atoms with E-state index in [-0.39, 0.29) is 17.9 Å². The molecule has 0 saturated carbocycles. The van der Waals surface area contributed by atoms with Gasteiger partial charge in [0.1, 0.15) is 5.82 Å². The molecule has 2 unspecified atom stereocenters. The first-order valence-corrected chi connectivity index (χ1v) is 7.20. The predicted molar refractivity (Wildman–Crippen MR) is 80.1 cm³/mol. The number of benzene rings is 1. The number of rotatable bonds is 4. The van der Waals surface area contributed by atoms with Crippen LogP contribution < -0.4 is 10.6 Å². The molecule has 0 fully saturated rings. The second kappa shape index (κ2) is 5.72. The van der Waals surface area contributed by atoms with Gasteiger partial charge in [-0.3, -0.25) is 0 Å². The van der Waals surface area contributed by atoms with Gasteiger partial charge in [0.15, 0.2) is 0 Å². The number of nitrogens with zero attached hydrogens (tertiary/aromatic N) is 1. The molecule has 2 atom stereocenters. The Hall–Kier alpha value is -1.39. The number of thiophene rings is 1. The Bertz CT molecular complexity index is 537. The number of para-hydroxylation sites is 1. The highest BCUT2D eigenvalue weighted by Crippen LogP contribution is 2.34. The van der Waals surface area contributed by atoms with E-state index in [4.69, 9.17) is 5.73 Å². The molecule has 0 saturated heterocycles. The average molecular weight is 278 g/mol. The van der Waals surface area contributed by atoms with Crippen molar-refractivity contribution in [1.29, 1.82) is 0 Å². The van der Waals surface area contributed by atoms with Gasteiger partial charge in [0.25, 0.3) is 0 Å². The maximum absolute atomic E-state index is 14.2. The van der Waals surface area contributed by atoms with Crippen LogP contribution in [-0.2, 0) is 0 Å². The summed E-state index contributed by atoms with van der Waals surface area (Å²) < 4.78 is 14.2. The molecular formula is C15H19FN2S. The van der Waals surface area contributed by atoms with Gasteiger partial charge in [0, 0.05) is 18.0 Å². The van der Waals surface area contributed by atoms with Gasteiger partial charge in [-0.1, -0.05) is 18.2 Å². The van der Waals surface area contributed by atoms with Crippen LogP contribution in [0.1, 0.15) is 36.4 Å². The van der Waals surface area contributed by atoms with Crippen molar-refractivity contribution in [2.24, 2.45) is 5.73 Å². The number of anilines is 1. The molecule has 0 spiro atoms. The van der Waals surface area contributed by atoms with Crippen molar-refractivity contribution in [3.8, 4) is 0 Å². The molecule has 2 rings (SSSR count). The summed E-state index contributed by atoms with van der Waals surface area (Å²) in [6.07, 6.45) is 0. The van der Waals surface area contributed by atoms with Crippen LogP contribution in [0.25, 0.3) is 0 Å². The minimum absolute atomic E-state index is 0.120. The minimum atomic E-state index is -0.222. The SMILES string of the molecule is CC(N)c1cccc(F)c1N(C)C(C)c1cccs1. The lowest BCUT2D eigenvalue weighted by Gasteiger charge is -2.29. The maximum Gasteiger partial charge on any atom is 0.146 e. The summed E-state index contributed by atoms with van der Waals surface area (Å²) in [5.41, 5.74) is 7.38. The zero-order valence-electron chi connectivity index (χ0n) is 11.4. The lowest BCUT2D eigenvalue weighted by Crippen LogP contribution is -2.24. The Balaban J connectivity index is 2.41. The molecule has 0 radical (unpaired) electrons. The minimum Gasteiger partial charge on any atom is -0.364 e. The molecular weight excluding hydrogens is 259 g/mol. The number of halogens is 1. The molecule has 0 aliphatic heterocycles. The van der Waals surface area contributed by atoms with E-state index in [1.807, 2.05) is 36.4 Å². The predicted octanol–water partition coefficient (Wildman–Crippen LogP) is 4.10. The fourth-order valence-corrected chi connectivity index (χ4v) is 3.01. The van der Waals surface area contributed by atoms with E-state index in [9.17, 15) is 4.39 Å². The average Bonchev–Trinajstić information content (AvgIpc) is 2.90. The largest absolute Gasteiger partial charge is 0.364 e. The second-order valence-electron chi connectivity index (χ2n) is 4.77. The number of hydrogen-bond donors (Lipinski definition) is 1. The second-order valence-corrected chi connectivity index (χ2v) is 5.75. The van der Waals surface area contributed by atoms with Crippen LogP contribution in [0.5, 0.6) is 0 Å². The quantitative estimate of drug-likeness (QED) is 0.912. The summed E-state index contributed by atoms with van der Waals surface area (Å²) in [6.45, 7) is 3.95. The molecule has 2 aromatic rings. The van der Waals surface area contributed by atoms with Crippen LogP contribution in [0.4, 0.5) is 10.1 Å². The van der Waals surface area contributed by atoms with Gasteiger partial charge in [0.2, 0.25) is 0 Å². The van der Waals surface area contributed by atoms with Crippen LogP contribution in [0.15, 0.2) is 35.7 Å². The van der Waals surface area contributed by atoms with E-state index >= 15 is 0 Å². The maximum atomic E-state index is 14.2. The molecule has 4 heteroatoms. The standard InChI is InChI=1S/C15H19FN2S/c1-10(17)12-6-4-7-13(16)15(12)18(3)11(2)14-8-5-9-19-14/h4-11H,17H2,1-3H3. The zero-order chi connectivity index (χ0) is 14.0. The van der Waals surface area contributed by atoms with Crippen LogP contribution in [0.3, 0.4) is 0 Å². The van der Waals surface area contributed by atoms with Crippen molar-refractivity contribution in [3.05, 3.63) is 52.0 Å². The third kappa shape index (κ3) is 2.80. The highest BCUT2D eigenvalue weighted by molar-refractivity contribution is 7.10. The Kier molecular flexibility index (Phi) is 4.22.